The minimum Gasteiger partial charge on any atom is -0.456 e. The van der Waals surface area contributed by atoms with Crippen molar-refractivity contribution in [1.82, 2.24) is 0 Å². The standard InChI is InChI=1S/C46H29NO2/c1-2-12-30(13-3-1)35-17-6-8-21-41(35)47(34-25-27-43-40(29-34)38-19-7-9-22-42(38)48-43)33-16-10-15-32(28-33)36-20-11-23-44-45(36)39-26-24-31-14-4-5-18-37(31)46(39)49-44/h1-29H. The third-order valence-electron chi connectivity index (χ3n) is 9.65. The Labute approximate surface area is 282 Å². The molecule has 0 aliphatic heterocycles. The molecule has 2 aromatic heterocycles. The molecular weight excluding hydrogens is 599 g/mol. The molecule has 10 rings (SSSR count). The van der Waals surface area contributed by atoms with Gasteiger partial charge in [0.25, 0.3) is 0 Å². The molecule has 49 heavy (non-hydrogen) atoms. The molecule has 3 nitrogen and oxygen atoms in total. The first-order chi connectivity index (χ1) is 24.3. The average molecular weight is 628 g/mol. The maximum atomic E-state index is 6.56. The van der Waals surface area contributed by atoms with Crippen LogP contribution in [-0.2, 0) is 0 Å². The molecule has 2 heterocycles. The van der Waals surface area contributed by atoms with Crippen molar-refractivity contribution in [2.24, 2.45) is 0 Å². The zero-order valence-corrected chi connectivity index (χ0v) is 26.5. The predicted molar refractivity (Wildman–Crippen MR) is 204 cm³/mol. The lowest BCUT2D eigenvalue weighted by molar-refractivity contribution is 0.669. The van der Waals surface area contributed by atoms with Crippen LogP contribution in [0.2, 0.25) is 0 Å². The van der Waals surface area contributed by atoms with E-state index in [9.17, 15) is 0 Å². The maximum absolute atomic E-state index is 6.56. The van der Waals surface area contributed by atoms with E-state index in [0.717, 1.165) is 88.6 Å². The lowest BCUT2D eigenvalue weighted by Crippen LogP contribution is -2.11. The van der Waals surface area contributed by atoms with Crippen LogP contribution in [-0.4, -0.2) is 0 Å². The minimum atomic E-state index is 0.876. The first-order valence-corrected chi connectivity index (χ1v) is 16.6. The summed E-state index contributed by atoms with van der Waals surface area (Å²) in [6, 6.07) is 62.1. The van der Waals surface area contributed by atoms with E-state index in [4.69, 9.17) is 8.83 Å². The second-order valence-corrected chi connectivity index (χ2v) is 12.5. The van der Waals surface area contributed by atoms with Crippen LogP contribution in [0.25, 0.3) is 76.9 Å². The van der Waals surface area contributed by atoms with Crippen molar-refractivity contribution in [3.63, 3.8) is 0 Å². The number of fused-ring (bicyclic) bond motifs is 8. The lowest BCUT2D eigenvalue weighted by atomic mass is 9.97. The summed E-state index contributed by atoms with van der Waals surface area (Å²) in [6.45, 7) is 0. The van der Waals surface area contributed by atoms with Crippen molar-refractivity contribution in [3.05, 3.63) is 176 Å². The maximum Gasteiger partial charge on any atom is 0.143 e. The van der Waals surface area contributed by atoms with Crippen LogP contribution in [0.1, 0.15) is 0 Å². The van der Waals surface area contributed by atoms with E-state index in [-0.39, 0.29) is 0 Å². The SMILES string of the molecule is c1ccc(-c2ccccc2N(c2cccc(-c3cccc4oc5c6ccccc6ccc5c34)c2)c2ccc3oc4ccccc4c3c2)cc1. The molecule has 3 heteroatoms. The summed E-state index contributed by atoms with van der Waals surface area (Å²) in [7, 11) is 0. The number of hydrogen-bond acceptors (Lipinski definition) is 3. The largest absolute Gasteiger partial charge is 0.456 e. The molecule has 230 valence electrons. The number of hydrogen-bond donors (Lipinski definition) is 0. The van der Waals surface area contributed by atoms with Gasteiger partial charge in [0.2, 0.25) is 0 Å². The minimum absolute atomic E-state index is 0.876. The summed E-state index contributed by atoms with van der Waals surface area (Å²) in [5, 5.41) is 6.75. The number of rotatable bonds is 5. The van der Waals surface area contributed by atoms with Crippen LogP contribution in [0.4, 0.5) is 17.1 Å². The number of nitrogens with zero attached hydrogens (tertiary/aromatic N) is 1. The lowest BCUT2D eigenvalue weighted by Gasteiger charge is -2.28. The van der Waals surface area contributed by atoms with Gasteiger partial charge in [0.1, 0.15) is 22.3 Å². The first-order valence-electron chi connectivity index (χ1n) is 16.6. The topological polar surface area (TPSA) is 29.5 Å². The van der Waals surface area contributed by atoms with Gasteiger partial charge in [-0.1, -0.05) is 121 Å². The zero-order chi connectivity index (χ0) is 32.3. The average Bonchev–Trinajstić information content (AvgIpc) is 3.74. The van der Waals surface area contributed by atoms with E-state index in [2.05, 4.69) is 169 Å². The van der Waals surface area contributed by atoms with E-state index in [1.54, 1.807) is 0 Å². The van der Waals surface area contributed by atoms with Crippen LogP contribution in [0.5, 0.6) is 0 Å². The summed E-state index contributed by atoms with van der Waals surface area (Å²) >= 11 is 0. The molecule has 0 unspecified atom stereocenters. The highest BCUT2D eigenvalue weighted by Gasteiger charge is 2.20. The number of para-hydroxylation sites is 2. The highest BCUT2D eigenvalue weighted by Crippen LogP contribution is 2.45. The fourth-order valence-electron chi connectivity index (χ4n) is 7.42. The van der Waals surface area contributed by atoms with E-state index < -0.39 is 0 Å². The van der Waals surface area contributed by atoms with Crippen molar-refractivity contribution < 1.29 is 8.83 Å². The third kappa shape index (κ3) is 4.44. The van der Waals surface area contributed by atoms with Gasteiger partial charge < -0.3 is 13.7 Å². The Kier molecular flexibility index (Phi) is 6.18. The fraction of sp³-hybridized carbons (Fsp3) is 0. The van der Waals surface area contributed by atoms with Crippen molar-refractivity contribution in [2.45, 2.75) is 0 Å². The molecular formula is C46H29NO2. The Balaban J connectivity index is 1.21. The smallest absolute Gasteiger partial charge is 0.143 e. The van der Waals surface area contributed by atoms with Gasteiger partial charge in [0, 0.05) is 43.9 Å². The molecule has 8 aromatic carbocycles. The molecule has 0 spiro atoms. The van der Waals surface area contributed by atoms with Gasteiger partial charge in [-0.25, -0.2) is 0 Å². The summed E-state index contributed by atoms with van der Waals surface area (Å²) < 4.78 is 12.8. The monoisotopic (exact) mass is 627 g/mol. The van der Waals surface area contributed by atoms with Crippen LogP contribution < -0.4 is 4.90 Å². The fourth-order valence-corrected chi connectivity index (χ4v) is 7.42. The molecule has 0 radical (unpaired) electrons. The van der Waals surface area contributed by atoms with E-state index in [1.165, 1.54) is 5.39 Å². The Hall–Kier alpha value is -6.58. The van der Waals surface area contributed by atoms with Gasteiger partial charge in [0.15, 0.2) is 0 Å². The van der Waals surface area contributed by atoms with Gasteiger partial charge >= 0.3 is 0 Å². The van der Waals surface area contributed by atoms with Crippen LogP contribution >= 0.6 is 0 Å². The molecule has 0 bridgehead atoms. The van der Waals surface area contributed by atoms with E-state index >= 15 is 0 Å². The van der Waals surface area contributed by atoms with Crippen molar-refractivity contribution in [2.75, 3.05) is 4.90 Å². The molecule has 0 fully saturated rings. The third-order valence-corrected chi connectivity index (χ3v) is 9.65. The van der Waals surface area contributed by atoms with Crippen molar-refractivity contribution in [1.29, 1.82) is 0 Å². The van der Waals surface area contributed by atoms with Crippen molar-refractivity contribution >= 4 is 71.7 Å². The molecule has 0 aliphatic carbocycles. The zero-order valence-electron chi connectivity index (χ0n) is 26.5. The van der Waals surface area contributed by atoms with Gasteiger partial charge in [-0.15, -0.1) is 0 Å². The molecule has 0 saturated heterocycles. The Morgan fingerprint density at radius 3 is 2.00 bits per heavy atom. The molecule has 0 aliphatic rings. The van der Waals surface area contributed by atoms with Gasteiger partial charge in [-0.05, 0) is 76.7 Å². The molecule has 0 atom stereocenters. The first kappa shape index (κ1) is 27.5. The summed E-state index contributed by atoms with van der Waals surface area (Å²) in [5.74, 6) is 0. The Morgan fingerprint density at radius 2 is 1.06 bits per heavy atom. The van der Waals surface area contributed by atoms with Crippen LogP contribution in [0, 0.1) is 0 Å². The van der Waals surface area contributed by atoms with Crippen LogP contribution in [0.3, 0.4) is 0 Å². The van der Waals surface area contributed by atoms with E-state index in [0.29, 0.717) is 0 Å². The van der Waals surface area contributed by atoms with Gasteiger partial charge in [-0.3, -0.25) is 0 Å². The highest BCUT2D eigenvalue weighted by atomic mass is 16.3. The summed E-state index contributed by atoms with van der Waals surface area (Å²) in [5.41, 5.74) is 11.4. The molecule has 0 N–H and O–H groups in total. The predicted octanol–water partition coefficient (Wildman–Crippen LogP) is 13.4. The Morgan fingerprint density at radius 1 is 0.367 bits per heavy atom. The highest BCUT2D eigenvalue weighted by molar-refractivity contribution is 6.19. The number of furan rings is 2. The molecule has 0 saturated carbocycles. The van der Waals surface area contributed by atoms with Gasteiger partial charge in [-0.2, -0.15) is 0 Å². The second kappa shape index (κ2) is 11.0. The Bertz CT molecular complexity index is 2840. The van der Waals surface area contributed by atoms with E-state index in [1.807, 2.05) is 12.1 Å². The van der Waals surface area contributed by atoms with Crippen molar-refractivity contribution in [3.8, 4) is 22.3 Å². The van der Waals surface area contributed by atoms with Gasteiger partial charge in [0.05, 0.1) is 5.69 Å². The number of benzene rings is 8. The second-order valence-electron chi connectivity index (χ2n) is 12.5. The number of anilines is 3. The normalized spacial score (nSPS) is 11.7. The summed E-state index contributed by atoms with van der Waals surface area (Å²) in [4.78, 5) is 2.37. The molecule has 0 amide bonds. The molecule has 10 aromatic rings. The quantitative estimate of drug-likeness (QED) is 0.190. The van der Waals surface area contributed by atoms with Crippen LogP contribution in [0.15, 0.2) is 185 Å². The summed E-state index contributed by atoms with van der Waals surface area (Å²) in [6.07, 6.45) is 0.